The number of urea groups is 1. The van der Waals surface area contributed by atoms with E-state index in [9.17, 15) is 9.18 Å². The molecule has 1 aromatic carbocycles. The Hall–Kier alpha value is -1.66. The third-order valence-corrected chi connectivity index (χ3v) is 5.44. The number of hydrogen-bond donors (Lipinski definition) is 2. The van der Waals surface area contributed by atoms with Crippen LogP contribution in [-0.4, -0.2) is 43.8 Å². The van der Waals surface area contributed by atoms with Crippen LogP contribution in [0.4, 0.5) is 9.18 Å². The molecule has 3 rings (SSSR count). The monoisotopic (exact) mass is 349 g/mol. The lowest BCUT2D eigenvalue weighted by atomic mass is 9.57. The van der Waals surface area contributed by atoms with E-state index >= 15 is 0 Å². The third kappa shape index (κ3) is 3.65. The minimum atomic E-state index is -0.217. The number of ether oxygens (including phenoxy) is 1. The first-order valence-corrected chi connectivity index (χ1v) is 8.87. The summed E-state index contributed by atoms with van der Waals surface area (Å²) in [5, 5.41) is 5.98. The topological polar surface area (TPSA) is 53.6 Å². The molecule has 1 aliphatic carbocycles. The standard InChI is InChI=1S/C19H28FN3O2/c1-19(2)16(14-7-8-25-17(14)19)22-18(24)21-10-12-5-6-15(20)13(9-12)11-23(3)4/h5-6,9,14,16-17H,7-8,10-11H2,1-4H3,(H2,21,22,24)/t14-,16+,17-/m0/s1. The van der Waals surface area contributed by atoms with Crippen LogP contribution < -0.4 is 10.6 Å². The molecule has 2 fully saturated rings. The van der Waals surface area contributed by atoms with Gasteiger partial charge in [-0.1, -0.05) is 19.9 Å². The molecule has 5 nitrogen and oxygen atoms in total. The molecule has 1 aliphatic heterocycles. The second-order valence-electron chi connectivity index (χ2n) is 8.03. The van der Waals surface area contributed by atoms with Gasteiger partial charge in [-0.3, -0.25) is 0 Å². The maximum absolute atomic E-state index is 13.8. The van der Waals surface area contributed by atoms with E-state index in [1.807, 2.05) is 25.1 Å². The van der Waals surface area contributed by atoms with Crippen LogP contribution in [0.25, 0.3) is 0 Å². The van der Waals surface area contributed by atoms with Crippen LogP contribution in [0.5, 0.6) is 0 Å². The molecule has 1 saturated carbocycles. The molecular formula is C19H28FN3O2. The maximum atomic E-state index is 13.8. The van der Waals surface area contributed by atoms with Crippen molar-refractivity contribution in [1.29, 1.82) is 0 Å². The molecule has 0 aromatic heterocycles. The summed E-state index contributed by atoms with van der Waals surface area (Å²) < 4.78 is 19.6. The van der Waals surface area contributed by atoms with Gasteiger partial charge in [0, 0.05) is 42.6 Å². The molecule has 2 aliphatic rings. The number of fused-ring (bicyclic) bond motifs is 1. The highest BCUT2D eigenvalue weighted by Crippen LogP contribution is 2.52. The van der Waals surface area contributed by atoms with Gasteiger partial charge in [-0.05, 0) is 38.2 Å². The van der Waals surface area contributed by atoms with E-state index in [2.05, 4.69) is 24.5 Å². The summed E-state index contributed by atoms with van der Waals surface area (Å²) in [6.45, 7) is 5.97. The van der Waals surface area contributed by atoms with Crippen LogP contribution in [0.15, 0.2) is 18.2 Å². The SMILES string of the molecule is CN(C)Cc1cc(CNC(=O)N[C@@H]2[C@@H]3CCO[C@@H]3C2(C)C)ccc1F. The Morgan fingerprint density at radius 3 is 2.88 bits per heavy atom. The fourth-order valence-electron chi connectivity index (χ4n) is 4.19. The number of hydrogen-bond acceptors (Lipinski definition) is 3. The van der Waals surface area contributed by atoms with Crippen molar-refractivity contribution < 1.29 is 13.9 Å². The van der Waals surface area contributed by atoms with Crippen molar-refractivity contribution in [1.82, 2.24) is 15.5 Å². The van der Waals surface area contributed by atoms with Gasteiger partial charge < -0.3 is 20.3 Å². The highest BCUT2D eigenvalue weighted by Gasteiger charge is 2.59. The Morgan fingerprint density at radius 2 is 2.16 bits per heavy atom. The van der Waals surface area contributed by atoms with E-state index in [1.54, 1.807) is 6.07 Å². The molecule has 6 heteroatoms. The normalized spacial score (nSPS) is 26.9. The number of rotatable bonds is 5. The first-order valence-electron chi connectivity index (χ1n) is 8.87. The summed E-state index contributed by atoms with van der Waals surface area (Å²) in [5.41, 5.74) is 1.49. The predicted molar refractivity (Wildman–Crippen MR) is 94.6 cm³/mol. The molecule has 0 radical (unpaired) electrons. The summed E-state index contributed by atoms with van der Waals surface area (Å²) in [6, 6.07) is 4.94. The zero-order valence-corrected chi connectivity index (χ0v) is 15.4. The van der Waals surface area contributed by atoms with Crippen LogP contribution in [0, 0.1) is 17.2 Å². The summed E-state index contributed by atoms with van der Waals surface area (Å²) in [5.74, 6) is 0.198. The Balaban J connectivity index is 1.54. The van der Waals surface area contributed by atoms with Gasteiger partial charge >= 0.3 is 6.03 Å². The van der Waals surface area contributed by atoms with Crippen LogP contribution in [0.1, 0.15) is 31.4 Å². The molecule has 25 heavy (non-hydrogen) atoms. The molecular weight excluding hydrogens is 321 g/mol. The highest BCUT2D eigenvalue weighted by atomic mass is 19.1. The minimum absolute atomic E-state index is 0.0345. The maximum Gasteiger partial charge on any atom is 0.315 e. The van der Waals surface area contributed by atoms with Crippen molar-refractivity contribution in [2.24, 2.45) is 11.3 Å². The van der Waals surface area contributed by atoms with Crippen molar-refractivity contribution in [3.8, 4) is 0 Å². The molecule has 0 spiro atoms. The van der Waals surface area contributed by atoms with Crippen LogP contribution in [0.3, 0.4) is 0 Å². The lowest BCUT2D eigenvalue weighted by Gasteiger charge is -2.54. The number of carbonyl (C=O) groups excluding carboxylic acids is 1. The fourth-order valence-corrected chi connectivity index (χ4v) is 4.19. The Bertz CT molecular complexity index is 648. The fraction of sp³-hybridized carbons (Fsp3) is 0.632. The van der Waals surface area contributed by atoms with E-state index < -0.39 is 0 Å². The number of amides is 2. The molecule has 1 heterocycles. The number of carbonyl (C=O) groups is 1. The Labute approximate surface area is 148 Å². The summed E-state index contributed by atoms with van der Waals surface area (Å²) in [4.78, 5) is 14.2. The second kappa shape index (κ2) is 6.92. The molecule has 0 bridgehead atoms. The smallest absolute Gasteiger partial charge is 0.315 e. The number of nitrogens with one attached hydrogen (secondary N) is 2. The molecule has 0 unspecified atom stereocenters. The largest absolute Gasteiger partial charge is 0.377 e. The quantitative estimate of drug-likeness (QED) is 0.859. The van der Waals surface area contributed by atoms with Gasteiger partial charge in [0.15, 0.2) is 0 Å². The van der Waals surface area contributed by atoms with Gasteiger partial charge in [-0.15, -0.1) is 0 Å². The van der Waals surface area contributed by atoms with Crippen LogP contribution in [-0.2, 0) is 17.8 Å². The van der Waals surface area contributed by atoms with Crippen LogP contribution in [0.2, 0.25) is 0 Å². The summed E-state index contributed by atoms with van der Waals surface area (Å²) in [6.07, 6.45) is 1.26. The first kappa shape index (κ1) is 18.1. The van der Waals surface area contributed by atoms with E-state index in [4.69, 9.17) is 4.74 Å². The van der Waals surface area contributed by atoms with Crippen molar-refractivity contribution in [2.75, 3.05) is 20.7 Å². The van der Waals surface area contributed by atoms with E-state index in [0.29, 0.717) is 24.6 Å². The zero-order chi connectivity index (χ0) is 18.2. The van der Waals surface area contributed by atoms with Crippen molar-refractivity contribution in [2.45, 2.75) is 45.5 Å². The lowest BCUT2D eigenvalue weighted by molar-refractivity contribution is -0.108. The third-order valence-electron chi connectivity index (χ3n) is 5.44. The average molecular weight is 349 g/mol. The zero-order valence-electron chi connectivity index (χ0n) is 15.4. The highest BCUT2D eigenvalue weighted by molar-refractivity contribution is 5.74. The molecule has 2 N–H and O–H groups in total. The van der Waals surface area contributed by atoms with Crippen molar-refractivity contribution >= 4 is 6.03 Å². The van der Waals surface area contributed by atoms with E-state index in [-0.39, 0.29) is 29.4 Å². The van der Waals surface area contributed by atoms with Gasteiger partial charge in [0.05, 0.1) is 6.10 Å². The molecule has 1 saturated heterocycles. The van der Waals surface area contributed by atoms with Gasteiger partial charge in [0.1, 0.15) is 5.82 Å². The predicted octanol–water partition coefficient (Wildman–Crippen LogP) is 2.50. The number of halogens is 1. The van der Waals surface area contributed by atoms with Gasteiger partial charge in [0.2, 0.25) is 0 Å². The average Bonchev–Trinajstić information content (AvgIpc) is 3.00. The summed E-state index contributed by atoms with van der Waals surface area (Å²) in [7, 11) is 3.80. The Kier molecular flexibility index (Phi) is 5.02. The molecule has 1 aromatic rings. The minimum Gasteiger partial charge on any atom is -0.377 e. The van der Waals surface area contributed by atoms with E-state index in [0.717, 1.165) is 18.6 Å². The molecule has 3 atom stereocenters. The van der Waals surface area contributed by atoms with Gasteiger partial charge in [0.25, 0.3) is 0 Å². The van der Waals surface area contributed by atoms with Gasteiger partial charge in [-0.2, -0.15) is 0 Å². The molecule has 138 valence electrons. The van der Waals surface area contributed by atoms with E-state index in [1.165, 1.54) is 6.07 Å². The lowest BCUT2D eigenvalue weighted by Crippen LogP contribution is -2.67. The summed E-state index contributed by atoms with van der Waals surface area (Å²) >= 11 is 0. The molecule has 2 amide bonds. The van der Waals surface area contributed by atoms with Crippen molar-refractivity contribution in [3.05, 3.63) is 35.1 Å². The van der Waals surface area contributed by atoms with Crippen LogP contribution >= 0.6 is 0 Å². The van der Waals surface area contributed by atoms with Gasteiger partial charge in [-0.25, -0.2) is 9.18 Å². The Morgan fingerprint density at radius 1 is 1.40 bits per heavy atom. The second-order valence-corrected chi connectivity index (χ2v) is 8.03. The number of benzene rings is 1. The number of nitrogens with zero attached hydrogens (tertiary/aromatic N) is 1. The van der Waals surface area contributed by atoms with Crippen molar-refractivity contribution in [3.63, 3.8) is 0 Å². The first-order chi connectivity index (χ1) is 11.8.